The Bertz CT molecular complexity index is 329. The van der Waals surface area contributed by atoms with E-state index in [9.17, 15) is 4.79 Å². The van der Waals surface area contributed by atoms with Gasteiger partial charge >= 0.3 is 0 Å². The number of nitrogens with one attached hydrogen (secondary N) is 1. The van der Waals surface area contributed by atoms with Gasteiger partial charge in [0.2, 0.25) is 5.91 Å². The molecule has 82 valence electrons. The first kappa shape index (κ1) is 10.2. The quantitative estimate of drug-likeness (QED) is 0.724. The number of hydrogen-bond donors (Lipinski definition) is 2. The molecule has 0 aromatic carbocycles. The average Bonchev–Trinajstić information content (AvgIpc) is 2.64. The average molecular weight is 208 g/mol. The highest BCUT2D eigenvalue weighted by atomic mass is 16.2. The first-order chi connectivity index (χ1) is 7.18. The van der Waals surface area contributed by atoms with Gasteiger partial charge in [0, 0.05) is 24.5 Å². The summed E-state index contributed by atoms with van der Waals surface area (Å²) in [5.74, 6) is -0.0320. The lowest BCUT2D eigenvalue weighted by atomic mass is 9.78. The Morgan fingerprint density at radius 2 is 2.40 bits per heavy atom. The predicted molar refractivity (Wildman–Crippen MR) is 56.0 cm³/mol. The topological polar surface area (TPSA) is 72.9 Å². The minimum Gasteiger partial charge on any atom is -0.353 e. The Kier molecular flexibility index (Phi) is 2.73. The summed E-state index contributed by atoms with van der Waals surface area (Å²) in [5, 5.41) is 6.80. The van der Waals surface area contributed by atoms with E-state index in [0.29, 0.717) is 6.54 Å². The van der Waals surface area contributed by atoms with Crippen LogP contribution in [0.5, 0.6) is 0 Å². The number of aromatic nitrogens is 2. The fraction of sp³-hybridized carbons (Fsp3) is 0.600. The molecule has 5 heteroatoms. The number of rotatable bonds is 4. The second kappa shape index (κ2) is 4.02. The fourth-order valence-electron chi connectivity index (χ4n) is 1.68. The van der Waals surface area contributed by atoms with E-state index in [1.165, 1.54) is 6.42 Å². The lowest BCUT2D eigenvalue weighted by Gasteiger charge is -2.38. The molecule has 3 N–H and O–H groups in total. The zero-order valence-corrected chi connectivity index (χ0v) is 8.65. The SMILES string of the molecule is NC1(CNC(=O)Cn2cccn2)CCC1. The molecule has 1 aliphatic rings. The van der Waals surface area contributed by atoms with Crippen LogP contribution in [0.3, 0.4) is 0 Å². The molecule has 1 heterocycles. The third kappa shape index (κ3) is 2.56. The van der Waals surface area contributed by atoms with Gasteiger partial charge in [0.05, 0.1) is 0 Å². The van der Waals surface area contributed by atoms with Gasteiger partial charge in [-0.25, -0.2) is 0 Å². The zero-order chi connectivity index (χ0) is 10.7. The van der Waals surface area contributed by atoms with E-state index in [1.807, 2.05) is 0 Å². The standard InChI is InChI=1S/C10H16N4O/c11-10(3-1-4-10)8-12-9(15)7-14-6-2-5-13-14/h2,5-6H,1,3-4,7-8,11H2,(H,12,15). The van der Waals surface area contributed by atoms with Crippen LogP contribution < -0.4 is 11.1 Å². The molecule has 1 aromatic rings. The summed E-state index contributed by atoms with van der Waals surface area (Å²) in [6, 6.07) is 1.80. The van der Waals surface area contributed by atoms with Gasteiger partial charge in [-0.15, -0.1) is 0 Å². The van der Waals surface area contributed by atoms with Crippen molar-refractivity contribution in [2.75, 3.05) is 6.54 Å². The lowest BCUT2D eigenvalue weighted by molar-refractivity contribution is -0.122. The fourth-order valence-corrected chi connectivity index (χ4v) is 1.68. The summed E-state index contributed by atoms with van der Waals surface area (Å²) >= 11 is 0. The Hall–Kier alpha value is -1.36. The van der Waals surface area contributed by atoms with Crippen LogP contribution in [0.2, 0.25) is 0 Å². The molecule has 0 spiro atoms. The van der Waals surface area contributed by atoms with Gasteiger partial charge < -0.3 is 11.1 Å². The summed E-state index contributed by atoms with van der Waals surface area (Å²) in [7, 11) is 0. The van der Waals surface area contributed by atoms with Crippen LogP contribution in [-0.4, -0.2) is 27.8 Å². The van der Waals surface area contributed by atoms with E-state index >= 15 is 0 Å². The second-order valence-electron chi connectivity index (χ2n) is 4.20. The van der Waals surface area contributed by atoms with Crippen molar-refractivity contribution in [3.8, 4) is 0 Å². The van der Waals surface area contributed by atoms with Crippen LogP contribution in [-0.2, 0) is 11.3 Å². The number of carbonyl (C=O) groups excluding carboxylic acids is 1. The van der Waals surface area contributed by atoms with Crippen LogP contribution in [0.25, 0.3) is 0 Å². The van der Waals surface area contributed by atoms with E-state index in [2.05, 4.69) is 10.4 Å². The Morgan fingerprint density at radius 1 is 1.60 bits per heavy atom. The largest absolute Gasteiger partial charge is 0.353 e. The van der Waals surface area contributed by atoms with Gasteiger partial charge in [0.25, 0.3) is 0 Å². The molecule has 0 aliphatic heterocycles. The highest BCUT2D eigenvalue weighted by Gasteiger charge is 2.32. The Labute approximate surface area is 88.6 Å². The van der Waals surface area contributed by atoms with E-state index in [0.717, 1.165) is 12.8 Å². The Balaban J connectivity index is 1.73. The molecule has 5 nitrogen and oxygen atoms in total. The number of nitrogens with two attached hydrogens (primary N) is 1. The highest BCUT2D eigenvalue weighted by molar-refractivity contribution is 5.75. The van der Waals surface area contributed by atoms with E-state index in [-0.39, 0.29) is 18.0 Å². The van der Waals surface area contributed by atoms with Crippen molar-refractivity contribution in [2.24, 2.45) is 5.73 Å². The van der Waals surface area contributed by atoms with Gasteiger partial charge in [-0.1, -0.05) is 0 Å². The van der Waals surface area contributed by atoms with Crippen LogP contribution in [0.1, 0.15) is 19.3 Å². The van der Waals surface area contributed by atoms with Gasteiger partial charge in [0.15, 0.2) is 0 Å². The number of carbonyl (C=O) groups is 1. The maximum absolute atomic E-state index is 11.5. The third-order valence-electron chi connectivity index (χ3n) is 2.85. The summed E-state index contributed by atoms with van der Waals surface area (Å²) in [4.78, 5) is 11.5. The molecule has 1 aliphatic carbocycles. The molecule has 1 saturated carbocycles. The van der Waals surface area contributed by atoms with Gasteiger partial charge in [0.1, 0.15) is 6.54 Å². The lowest BCUT2D eigenvalue weighted by Crippen LogP contribution is -2.55. The molecule has 1 aromatic heterocycles. The predicted octanol–water partition coefficient (Wildman–Crippen LogP) is -0.119. The van der Waals surface area contributed by atoms with Crippen LogP contribution >= 0.6 is 0 Å². The first-order valence-electron chi connectivity index (χ1n) is 5.21. The molecule has 0 atom stereocenters. The van der Waals surface area contributed by atoms with Crippen molar-refractivity contribution in [2.45, 2.75) is 31.3 Å². The van der Waals surface area contributed by atoms with Gasteiger partial charge in [-0.2, -0.15) is 5.10 Å². The molecule has 1 fully saturated rings. The maximum Gasteiger partial charge on any atom is 0.241 e. The van der Waals surface area contributed by atoms with E-state index in [4.69, 9.17) is 5.73 Å². The summed E-state index contributed by atoms with van der Waals surface area (Å²) < 4.78 is 1.60. The molecular formula is C10H16N4O. The van der Waals surface area contributed by atoms with Gasteiger partial charge in [-0.05, 0) is 25.3 Å². The summed E-state index contributed by atoms with van der Waals surface area (Å²) in [6.45, 7) is 0.843. The highest BCUT2D eigenvalue weighted by Crippen LogP contribution is 2.27. The van der Waals surface area contributed by atoms with Crippen molar-refractivity contribution >= 4 is 5.91 Å². The molecule has 0 radical (unpaired) electrons. The molecule has 15 heavy (non-hydrogen) atoms. The van der Waals surface area contributed by atoms with Crippen molar-refractivity contribution in [1.82, 2.24) is 15.1 Å². The molecule has 0 bridgehead atoms. The van der Waals surface area contributed by atoms with Crippen molar-refractivity contribution in [3.63, 3.8) is 0 Å². The van der Waals surface area contributed by atoms with Crippen LogP contribution in [0, 0.1) is 0 Å². The number of nitrogens with zero attached hydrogens (tertiary/aromatic N) is 2. The number of hydrogen-bond acceptors (Lipinski definition) is 3. The van der Waals surface area contributed by atoms with E-state index < -0.39 is 0 Å². The summed E-state index contributed by atoms with van der Waals surface area (Å²) in [6.07, 6.45) is 6.61. The van der Waals surface area contributed by atoms with Crippen LogP contribution in [0.15, 0.2) is 18.5 Å². The van der Waals surface area contributed by atoms with Crippen LogP contribution in [0.4, 0.5) is 0 Å². The molecule has 2 rings (SSSR count). The van der Waals surface area contributed by atoms with E-state index in [1.54, 1.807) is 23.1 Å². The maximum atomic E-state index is 11.5. The zero-order valence-electron chi connectivity index (χ0n) is 8.65. The molecular weight excluding hydrogens is 192 g/mol. The second-order valence-corrected chi connectivity index (χ2v) is 4.20. The minimum atomic E-state index is -0.153. The molecule has 0 unspecified atom stereocenters. The Morgan fingerprint density at radius 3 is 2.93 bits per heavy atom. The van der Waals surface area contributed by atoms with Crippen molar-refractivity contribution in [3.05, 3.63) is 18.5 Å². The molecule has 1 amide bonds. The molecule has 0 saturated heterocycles. The first-order valence-corrected chi connectivity index (χ1v) is 5.21. The normalized spacial score (nSPS) is 18.2. The van der Waals surface area contributed by atoms with Crippen molar-refractivity contribution in [1.29, 1.82) is 0 Å². The van der Waals surface area contributed by atoms with Crippen molar-refractivity contribution < 1.29 is 4.79 Å². The number of amides is 1. The minimum absolute atomic E-state index is 0.0320. The summed E-state index contributed by atoms with van der Waals surface area (Å²) in [5.41, 5.74) is 5.83. The van der Waals surface area contributed by atoms with Gasteiger partial charge in [-0.3, -0.25) is 9.48 Å². The smallest absolute Gasteiger partial charge is 0.241 e. The monoisotopic (exact) mass is 208 g/mol. The third-order valence-corrected chi connectivity index (χ3v) is 2.85.